The molecule has 0 saturated carbocycles. The predicted molar refractivity (Wildman–Crippen MR) is 56.3 cm³/mol. The highest BCUT2D eigenvalue weighted by molar-refractivity contribution is 7.99. The molecular formula is C10H20S. The summed E-state index contributed by atoms with van der Waals surface area (Å²) in [6, 6.07) is 0. The van der Waals surface area contributed by atoms with Gasteiger partial charge in [-0.1, -0.05) is 26.3 Å². The van der Waals surface area contributed by atoms with Gasteiger partial charge in [0, 0.05) is 0 Å². The molecule has 0 bridgehead atoms. The highest BCUT2D eigenvalue weighted by Gasteiger charge is 1.93. The van der Waals surface area contributed by atoms with Gasteiger partial charge < -0.3 is 0 Å². The average molecular weight is 172 g/mol. The van der Waals surface area contributed by atoms with Gasteiger partial charge in [-0.3, -0.25) is 0 Å². The van der Waals surface area contributed by atoms with Crippen molar-refractivity contribution < 1.29 is 0 Å². The summed E-state index contributed by atoms with van der Waals surface area (Å²) in [6.07, 6.45) is 7.26. The van der Waals surface area contributed by atoms with E-state index in [0.717, 1.165) is 5.25 Å². The summed E-state index contributed by atoms with van der Waals surface area (Å²) >= 11 is 2.06. The van der Waals surface area contributed by atoms with Crippen molar-refractivity contribution in [2.45, 2.75) is 44.8 Å². The Morgan fingerprint density at radius 2 is 2.00 bits per heavy atom. The topological polar surface area (TPSA) is 0 Å². The van der Waals surface area contributed by atoms with Crippen LogP contribution in [0.4, 0.5) is 0 Å². The third-order valence-electron chi connectivity index (χ3n) is 1.50. The van der Waals surface area contributed by atoms with Gasteiger partial charge in [0.15, 0.2) is 0 Å². The van der Waals surface area contributed by atoms with Crippen LogP contribution in [-0.2, 0) is 0 Å². The number of allylic oxidation sites excluding steroid dienone is 1. The molecule has 0 atom stereocenters. The fourth-order valence-electron chi connectivity index (χ4n) is 0.887. The quantitative estimate of drug-likeness (QED) is 0.415. The first-order chi connectivity index (χ1) is 5.27. The Morgan fingerprint density at radius 1 is 1.27 bits per heavy atom. The molecule has 0 spiro atoms. The maximum atomic E-state index is 3.70. The van der Waals surface area contributed by atoms with Crippen LogP contribution in [0.2, 0.25) is 0 Å². The largest absolute Gasteiger partial charge is 0.159 e. The van der Waals surface area contributed by atoms with Gasteiger partial charge in [-0.05, 0) is 30.3 Å². The van der Waals surface area contributed by atoms with Gasteiger partial charge in [0.25, 0.3) is 0 Å². The molecule has 0 aliphatic carbocycles. The zero-order valence-electron chi connectivity index (χ0n) is 7.81. The molecule has 0 nitrogen and oxygen atoms in total. The van der Waals surface area contributed by atoms with Crippen LogP contribution in [0.1, 0.15) is 39.5 Å². The van der Waals surface area contributed by atoms with Gasteiger partial charge in [0.1, 0.15) is 0 Å². The van der Waals surface area contributed by atoms with Crippen molar-refractivity contribution in [3.05, 3.63) is 12.7 Å². The minimum absolute atomic E-state index is 0.800. The maximum absolute atomic E-state index is 3.70. The second-order valence-corrected chi connectivity index (χ2v) is 4.74. The summed E-state index contributed by atoms with van der Waals surface area (Å²) in [4.78, 5) is 0. The molecule has 66 valence electrons. The lowest BCUT2D eigenvalue weighted by atomic mass is 10.2. The second-order valence-electron chi connectivity index (χ2n) is 3.06. The van der Waals surface area contributed by atoms with Crippen molar-refractivity contribution in [2.24, 2.45) is 0 Å². The van der Waals surface area contributed by atoms with E-state index >= 15 is 0 Å². The first kappa shape index (κ1) is 11.1. The van der Waals surface area contributed by atoms with Crippen molar-refractivity contribution in [1.82, 2.24) is 0 Å². The van der Waals surface area contributed by atoms with E-state index in [2.05, 4.69) is 32.2 Å². The molecule has 11 heavy (non-hydrogen) atoms. The molecule has 0 heterocycles. The van der Waals surface area contributed by atoms with E-state index in [4.69, 9.17) is 0 Å². The van der Waals surface area contributed by atoms with Crippen LogP contribution in [0.3, 0.4) is 0 Å². The van der Waals surface area contributed by atoms with Gasteiger partial charge in [0.05, 0.1) is 0 Å². The number of rotatable bonds is 7. The Bertz CT molecular complexity index is 86.9. The van der Waals surface area contributed by atoms with E-state index in [1.54, 1.807) is 0 Å². The van der Waals surface area contributed by atoms with Crippen molar-refractivity contribution >= 4 is 11.8 Å². The zero-order chi connectivity index (χ0) is 8.53. The molecular weight excluding hydrogens is 152 g/mol. The smallest absolute Gasteiger partial charge is 0.000968 e. The fraction of sp³-hybridized carbons (Fsp3) is 0.800. The Balaban J connectivity index is 2.85. The molecule has 0 saturated heterocycles. The van der Waals surface area contributed by atoms with Crippen molar-refractivity contribution in [3.8, 4) is 0 Å². The zero-order valence-corrected chi connectivity index (χ0v) is 8.62. The molecule has 0 amide bonds. The van der Waals surface area contributed by atoms with Crippen LogP contribution in [0.25, 0.3) is 0 Å². The lowest BCUT2D eigenvalue weighted by molar-refractivity contribution is 0.734. The Labute approximate surface area is 75.5 Å². The minimum atomic E-state index is 0.800. The summed E-state index contributed by atoms with van der Waals surface area (Å²) in [7, 11) is 0. The van der Waals surface area contributed by atoms with E-state index in [0.29, 0.717) is 0 Å². The molecule has 0 aromatic heterocycles. The molecule has 0 unspecified atom stereocenters. The highest BCUT2D eigenvalue weighted by Crippen LogP contribution is 2.12. The van der Waals surface area contributed by atoms with E-state index in [1.807, 2.05) is 6.08 Å². The van der Waals surface area contributed by atoms with Gasteiger partial charge in [0.2, 0.25) is 0 Å². The Morgan fingerprint density at radius 3 is 2.55 bits per heavy atom. The number of thioether (sulfide) groups is 1. The van der Waals surface area contributed by atoms with Crippen LogP contribution in [0, 0.1) is 0 Å². The van der Waals surface area contributed by atoms with Crippen molar-refractivity contribution in [3.63, 3.8) is 0 Å². The standard InChI is InChI=1S/C10H20S/c1-4-5-6-7-8-9-11-10(2)3/h4,10H,1,5-9H2,2-3H3. The third kappa shape index (κ3) is 10.1. The van der Waals surface area contributed by atoms with Crippen LogP contribution in [0.15, 0.2) is 12.7 Å². The molecule has 0 rings (SSSR count). The van der Waals surface area contributed by atoms with Gasteiger partial charge in [-0.25, -0.2) is 0 Å². The van der Waals surface area contributed by atoms with Gasteiger partial charge >= 0.3 is 0 Å². The number of hydrogen-bond acceptors (Lipinski definition) is 1. The Kier molecular flexibility index (Phi) is 8.26. The monoisotopic (exact) mass is 172 g/mol. The van der Waals surface area contributed by atoms with E-state index in [1.165, 1.54) is 31.4 Å². The summed E-state index contributed by atoms with van der Waals surface area (Å²) in [5.41, 5.74) is 0. The summed E-state index contributed by atoms with van der Waals surface area (Å²) in [5.74, 6) is 1.33. The molecule has 0 radical (unpaired) electrons. The Hall–Kier alpha value is 0.0900. The summed E-state index contributed by atoms with van der Waals surface area (Å²) < 4.78 is 0. The van der Waals surface area contributed by atoms with Crippen LogP contribution in [-0.4, -0.2) is 11.0 Å². The second kappa shape index (κ2) is 8.19. The SMILES string of the molecule is C=CCCCCCSC(C)C. The highest BCUT2D eigenvalue weighted by atomic mass is 32.2. The summed E-state index contributed by atoms with van der Waals surface area (Å²) in [5, 5.41) is 0.800. The average Bonchev–Trinajstić information content (AvgIpc) is 1.96. The van der Waals surface area contributed by atoms with E-state index in [-0.39, 0.29) is 0 Å². The van der Waals surface area contributed by atoms with Crippen LogP contribution >= 0.6 is 11.8 Å². The molecule has 0 fully saturated rings. The fourth-order valence-corrected chi connectivity index (χ4v) is 1.73. The van der Waals surface area contributed by atoms with Crippen LogP contribution in [0.5, 0.6) is 0 Å². The summed E-state index contributed by atoms with van der Waals surface area (Å²) in [6.45, 7) is 8.22. The molecule has 0 aliphatic heterocycles. The van der Waals surface area contributed by atoms with Crippen molar-refractivity contribution in [2.75, 3.05) is 5.75 Å². The lowest BCUT2D eigenvalue weighted by Crippen LogP contribution is -1.89. The predicted octanol–water partition coefficient (Wildman–Crippen LogP) is 3.87. The molecule has 0 aliphatic rings. The maximum Gasteiger partial charge on any atom is -0.000968 e. The first-order valence-corrected chi connectivity index (χ1v) is 5.54. The van der Waals surface area contributed by atoms with Crippen LogP contribution < -0.4 is 0 Å². The third-order valence-corrected chi connectivity index (χ3v) is 2.69. The normalized spacial score (nSPS) is 10.5. The lowest BCUT2D eigenvalue weighted by Gasteiger charge is -2.03. The minimum Gasteiger partial charge on any atom is -0.159 e. The van der Waals surface area contributed by atoms with E-state index < -0.39 is 0 Å². The van der Waals surface area contributed by atoms with E-state index in [9.17, 15) is 0 Å². The molecule has 0 aromatic carbocycles. The van der Waals surface area contributed by atoms with Crippen molar-refractivity contribution in [1.29, 1.82) is 0 Å². The molecule has 0 N–H and O–H groups in total. The number of hydrogen-bond donors (Lipinski definition) is 0. The molecule has 1 heteroatoms. The van der Waals surface area contributed by atoms with Gasteiger partial charge in [-0.15, -0.1) is 6.58 Å². The number of unbranched alkanes of at least 4 members (excludes halogenated alkanes) is 3. The molecule has 0 aromatic rings. The first-order valence-electron chi connectivity index (χ1n) is 4.50. The van der Waals surface area contributed by atoms with Gasteiger partial charge in [-0.2, -0.15) is 11.8 Å².